The fraction of sp³-hybridized carbons (Fsp3) is 0.778. The number of carboxylic acid groups (broad SMARTS) is 1. The van der Waals surface area contributed by atoms with E-state index in [-0.39, 0.29) is 5.91 Å². The number of piperidine rings is 1. The highest BCUT2D eigenvalue weighted by atomic mass is 16.7. The molecule has 6 heteroatoms. The van der Waals surface area contributed by atoms with Gasteiger partial charge < -0.3 is 5.11 Å². The summed E-state index contributed by atoms with van der Waals surface area (Å²) < 4.78 is 0. The summed E-state index contributed by atoms with van der Waals surface area (Å²) >= 11 is 0. The third kappa shape index (κ3) is 2.59. The van der Waals surface area contributed by atoms with Gasteiger partial charge in [-0.3, -0.25) is 14.5 Å². The maximum absolute atomic E-state index is 11.7. The Hall–Kier alpha value is -1.30. The Morgan fingerprint density at radius 3 is 2.67 bits per heavy atom. The van der Waals surface area contributed by atoms with Crippen molar-refractivity contribution in [1.82, 2.24) is 9.96 Å². The van der Waals surface area contributed by atoms with Crippen molar-refractivity contribution >= 4 is 12.0 Å². The predicted octanol–water partition coefficient (Wildman–Crippen LogP) is 0.539. The summed E-state index contributed by atoms with van der Waals surface area (Å²) in [6, 6.07) is -0.596. The quantitative estimate of drug-likeness (QED) is 0.684. The Morgan fingerprint density at radius 1 is 1.47 bits per heavy atom. The fourth-order valence-corrected chi connectivity index (χ4v) is 1.72. The maximum atomic E-state index is 11.7. The van der Waals surface area contributed by atoms with Gasteiger partial charge in [0.2, 0.25) is 0 Å². The minimum atomic E-state index is -1.04. The van der Waals surface area contributed by atoms with Gasteiger partial charge >= 0.3 is 6.09 Å². The molecule has 0 aromatic carbocycles. The van der Waals surface area contributed by atoms with E-state index in [2.05, 4.69) is 0 Å². The second-order valence-corrected chi connectivity index (χ2v) is 3.51. The molecule has 1 unspecified atom stereocenters. The number of hydrogen-bond acceptors (Lipinski definition) is 3. The van der Waals surface area contributed by atoms with Crippen molar-refractivity contribution in [3.8, 4) is 0 Å². The van der Waals surface area contributed by atoms with Crippen LogP contribution in [0, 0.1) is 0 Å². The summed E-state index contributed by atoms with van der Waals surface area (Å²) in [5.41, 5.74) is 0. The third-order valence-electron chi connectivity index (χ3n) is 2.62. The molecule has 1 heterocycles. The summed E-state index contributed by atoms with van der Waals surface area (Å²) in [7, 11) is 2.86. The molecule has 1 aliphatic heterocycles. The highest BCUT2D eigenvalue weighted by Crippen LogP contribution is 2.18. The molecule has 0 spiro atoms. The van der Waals surface area contributed by atoms with Crippen molar-refractivity contribution in [2.24, 2.45) is 0 Å². The number of hydrogen-bond donors (Lipinski definition) is 1. The van der Waals surface area contributed by atoms with E-state index in [0.29, 0.717) is 13.0 Å². The number of rotatable bonds is 2. The van der Waals surface area contributed by atoms with Crippen LogP contribution in [0.3, 0.4) is 0 Å². The lowest BCUT2D eigenvalue weighted by molar-refractivity contribution is -0.175. The largest absolute Gasteiger partial charge is 0.465 e. The molecule has 6 nitrogen and oxygen atoms in total. The van der Waals surface area contributed by atoms with Crippen molar-refractivity contribution in [1.29, 1.82) is 0 Å². The van der Waals surface area contributed by atoms with Crippen LogP contribution in [0.5, 0.6) is 0 Å². The lowest BCUT2D eigenvalue weighted by Gasteiger charge is -2.33. The van der Waals surface area contributed by atoms with Gasteiger partial charge in [0.15, 0.2) is 0 Å². The van der Waals surface area contributed by atoms with Gasteiger partial charge in [-0.25, -0.2) is 9.86 Å². The maximum Gasteiger partial charge on any atom is 0.407 e. The van der Waals surface area contributed by atoms with Crippen molar-refractivity contribution < 1.29 is 19.5 Å². The van der Waals surface area contributed by atoms with E-state index in [0.717, 1.165) is 17.9 Å². The molecule has 1 N–H and O–H groups in total. The first-order valence-corrected chi connectivity index (χ1v) is 4.89. The van der Waals surface area contributed by atoms with E-state index in [1.54, 1.807) is 0 Å². The molecule has 2 amide bonds. The zero-order valence-corrected chi connectivity index (χ0v) is 8.97. The molecule has 1 fully saturated rings. The number of carbonyl (C=O) groups excluding carboxylic acids is 1. The van der Waals surface area contributed by atoms with Crippen LogP contribution in [0.4, 0.5) is 4.79 Å². The lowest BCUT2D eigenvalue weighted by atomic mass is 10.0. The Bertz CT molecular complexity index is 256. The summed E-state index contributed by atoms with van der Waals surface area (Å²) in [5.74, 6) is -0.306. The monoisotopic (exact) mass is 216 g/mol. The predicted molar refractivity (Wildman–Crippen MR) is 52.1 cm³/mol. The van der Waals surface area contributed by atoms with E-state index in [1.165, 1.54) is 19.1 Å². The smallest absolute Gasteiger partial charge is 0.407 e. The molecule has 0 aromatic rings. The average Bonchev–Trinajstić information content (AvgIpc) is 2.27. The normalized spacial score (nSPS) is 21.2. The SMILES string of the molecule is CON(C)C(=O)C1CCCCN1C(=O)O. The van der Waals surface area contributed by atoms with Crippen LogP contribution in [-0.4, -0.2) is 53.8 Å². The van der Waals surface area contributed by atoms with E-state index in [4.69, 9.17) is 9.94 Å². The zero-order chi connectivity index (χ0) is 11.4. The molecule has 15 heavy (non-hydrogen) atoms. The number of likely N-dealkylation sites (N-methyl/N-ethyl adjacent to an activating group) is 1. The Labute approximate surface area is 88.4 Å². The standard InChI is InChI=1S/C9H16N2O4/c1-10(15-2)8(12)7-5-3-4-6-11(7)9(13)14/h7H,3-6H2,1-2H3,(H,13,14). The van der Waals surface area contributed by atoms with Gasteiger partial charge in [0, 0.05) is 13.6 Å². The summed E-state index contributed by atoms with van der Waals surface area (Å²) in [5, 5.41) is 10.0. The van der Waals surface area contributed by atoms with Crippen LogP contribution in [0.25, 0.3) is 0 Å². The van der Waals surface area contributed by atoms with Gasteiger partial charge in [-0.1, -0.05) is 0 Å². The topological polar surface area (TPSA) is 70.1 Å². The Balaban J connectivity index is 2.71. The molecule has 0 saturated carbocycles. The molecule has 0 aliphatic carbocycles. The van der Waals surface area contributed by atoms with Gasteiger partial charge in [0.25, 0.3) is 5.91 Å². The van der Waals surface area contributed by atoms with Gasteiger partial charge in [0.1, 0.15) is 6.04 Å². The van der Waals surface area contributed by atoms with Crippen LogP contribution in [0.15, 0.2) is 0 Å². The first-order chi connectivity index (χ1) is 7.07. The van der Waals surface area contributed by atoms with Crippen LogP contribution in [0.1, 0.15) is 19.3 Å². The Morgan fingerprint density at radius 2 is 2.13 bits per heavy atom. The van der Waals surface area contributed by atoms with Gasteiger partial charge in [-0.05, 0) is 19.3 Å². The molecule has 1 saturated heterocycles. The van der Waals surface area contributed by atoms with E-state index in [1.807, 2.05) is 0 Å². The number of nitrogens with zero attached hydrogens (tertiary/aromatic N) is 2. The molecule has 86 valence electrons. The number of likely N-dealkylation sites (tertiary alicyclic amines) is 1. The first kappa shape index (κ1) is 11.8. The summed E-state index contributed by atoms with van der Waals surface area (Å²) in [6.45, 7) is 0.420. The fourth-order valence-electron chi connectivity index (χ4n) is 1.72. The van der Waals surface area contributed by atoms with Crippen molar-refractivity contribution in [2.75, 3.05) is 20.7 Å². The zero-order valence-electron chi connectivity index (χ0n) is 8.97. The van der Waals surface area contributed by atoms with Crippen molar-refractivity contribution in [3.05, 3.63) is 0 Å². The molecule has 0 radical (unpaired) electrons. The molecular weight excluding hydrogens is 200 g/mol. The first-order valence-electron chi connectivity index (χ1n) is 4.89. The average molecular weight is 216 g/mol. The minimum Gasteiger partial charge on any atom is -0.465 e. The molecule has 1 atom stereocenters. The molecule has 1 aliphatic rings. The molecular formula is C9H16N2O4. The van der Waals surface area contributed by atoms with Crippen molar-refractivity contribution in [2.45, 2.75) is 25.3 Å². The minimum absolute atomic E-state index is 0.306. The van der Waals surface area contributed by atoms with Crippen LogP contribution in [0.2, 0.25) is 0 Å². The van der Waals surface area contributed by atoms with Crippen molar-refractivity contribution in [3.63, 3.8) is 0 Å². The van der Waals surface area contributed by atoms with E-state index < -0.39 is 12.1 Å². The van der Waals surface area contributed by atoms with Gasteiger partial charge in [-0.2, -0.15) is 0 Å². The number of hydroxylamine groups is 2. The van der Waals surface area contributed by atoms with Gasteiger partial charge in [-0.15, -0.1) is 0 Å². The summed E-state index contributed by atoms with van der Waals surface area (Å²) in [6.07, 6.45) is 1.21. The summed E-state index contributed by atoms with van der Waals surface area (Å²) in [4.78, 5) is 28.6. The third-order valence-corrected chi connectivity index (χ3v) is 2.62. The second-order valence-electron chi connectivity index (χ2n) is 3.51. The highest BCUT2D eigenvalue weighted by molar-refractivity contribution is 5.84. The molecule has 0 bridgehead atoms. The van der Waals surface area contributed by atoms with Crippen LogP contribution >= 0.6 is 0 Å². The van der Waals surface area contributed by atoms with E-state index >= 15 is 0 Å². The van der Waals surface area contributed by atoms with E-state index in [9.17, 15) is 9.59 Å². The van der Waals surface area contributed by atoms with Gasteiger partial charge in [0.05, 0.1) is 7.11 Å². The Kier molecular flexibility index (Phi) is 3.90. The lowest BCUT2D eigenvalue weighted by Crippen LogP contribution is -2.51. The molecule has 0 aromatic heterocycles. The van der Waals surface area contributed by atoms with Crippen LogP contribution < -0.4 is 0 Å². The molecule has 1 rings (SSSR count). The second kappa shape index (κ2) is 4.97. The number of amides is 2. The highest BCUT2D eigenvalue weighted by Gasteiger charge is 2.33. The number of carbonyl (C=O) groups is 2. The van der Waals surface area contributed by atoms with Crippen LogP contribution in [-0.2, 0) is 9.63 Å².